The summed E-state index contributed by atoms with van der Waals surface area (Å²) in [4.78, 5) is 14.2. The third kappa shape index (κ3) is 3.11. The monoisotopic (exact) mass is 345 g/mol. The Morgan fingerprint density at radius 1 is 1.04 bits per heavy atom. The largest absolute Gasteiger partial charge is 0.497 e. The quantitative estimate of drug-likeness (QED) is 0.733. The number of hydrogen-bond acceptors (Lipinski definition) is 3. The molecule has 2 aromatic carbocycles. The molecule has 5 heteroatoms. The van der Waals surface area contributed by atoms with Gasteiger partial charge in [0.1, 0.15) is 5.75 Å². The minimum Gasteiger partial charge on any atom is -0.497 e. The first kappa shape index (κ1) is 16.1. The number of aromatic amines is 1. The molecule has 1 amide bonds. The molecule has 4 rings (SSSR count). The van der Waals surface area contributed by atoms with Gasteiger partial charge in [-0.15, -0.1) is 0 Å². The van der Waals surface area contributed by atoms with Crippen LogP contribution in [0.1, 0.15) is 10.4 Å². The van der Waals surface area contributed by atoms with Gasteiger partial charge in [0.05, 0.1) is 18.5 Å². The molecule has 0 saturated heterocycles. The molecule has 0 saturated carbocycles. The topological polar surface area (TPSA) is 58.2 Å². The number of nitrogens with zero attached hydrogens (tertiary/aromatic N) is 2. The number of hydrogen-bond donors (Lipinski definition) is 1. The van der Waals surface area contributed by atoms with E-state index in [2.05, 4.69) is 10.2 Å². The number of carbonyl (C=O) groups is 1. The number of aromatic nitrogens is 2. The van der Waals surface area contributed by atoms with E-state index in [4.69, 9.17) is 4.74 Å². The Bertz CT molecular complexity index is 949. The summed E-state index contributed by atoms with van der Waals surface area (Å²) < 4.78 is 5.27. The molecular formula is C21H19N3O2. The van der Waals surface area contributed by atoms with E-state index in [0.29, 0.717) is 18.7 Å². The summed E-state index contributed by atoms with van der Waals surface area (Å²) in [6, 6.07) is 17.4. The second kappa shape index (κ2) is 6.88. The summed E-state index contributed by atoms with van der Waals surface area (Å²) in [5.41, 5.74) is 4.43. The Labute approximate surface area is 151 Å². The fourth-order valence-corrected chi connectivity index (χ4v) is 3.02. The van der Waals surface area contributed by atoms with Gasteiger partial charge in [0.25, 0.3) is 5.91 Å². The van der Waals surface area contributed by atoms with E-state index >= 15 is 0 Å². The van der Waals surface area contributed by atoms with Gasteiger partial charge in [0.15, 0.2) is 0 Å². The lowest BCUT2D eigenvalue weighted by molar-refractivity contribution is 0.0800. The van der Waals surface area contributed by atoms with E-state index in [0.717, 1.165) is 28.3 Å². The van der Waals surface area contributed by atoms with Crippen LogP contribution in [0.4, 0.5) is 0 Å². The summed E-state index contributed by atoms with van der Waals surface area (Å²) in [6.45, 7) is 1.37. The lowest BCUT2D eigenvalue weighted by Crippen LogP contribution is -2.28. The lowest BCUT2D eigenvalue weighted by atomic mass is 10.1. The van der Waals surface area contributed by atoms with Crippen LogP contribution in [0.25, 0.3) is 22.5 Å². The minimum atomic E-state index is 0.0585. The summed E-state index contributed by atoms with van der Waals surface area (Å²) in [5.74, 6) is 0.856. The van der Waals surface area contributed by atoms with Crippen LogP contribution in [0.15, 0.2) is 66.7 Å². The van der Waals surface area contributed by atoms with Crippen LogP contribution in [-0.2, 0) is 0 Å². The molecular weight excluding hydrogens is 326 g/mol. The molecule has 5 nitrogen and oxygen atoms in total. The Morgan fingerprint density at radius 3 is 2.54 bits per heavy atom. The maximum atomic E-state index is 12.4. The SMILES string of the molecule is COc1cccc(-c2cc(-c3ccc(C(=O)N4CC=CC4)cc3)[nH]n2)c1. The van der Waals surface area contributed by atoms with E-state index in [-0.39, 0.29) is 5.91 Å². The van der Waals surface area contributed by atoms with Gasteiger partial charge in [0.2, 0.25) is 0 Å². The van der Waals surface area contributed by atoms with Gasteiger partial charge < -0.3 is 9.64 Å². The van der Waals surface area contributed by atoms with Crippen LogP contribution in [0.5, 0.6) is 5.75 Å². The van der Waals surface area contributed by atoms with E-state index in [1.54, 1.807) is 7.11 Å². The number of H-pyrrole nitrogens is 1. The van der Waals surface area contributed by atoms with E-state index in [9.17, 15) is 4.79 Å². The molecule has 1 aromatic heterocycles. The molecule has 0 spiro atoms. The van der Waals surface area contributed by atoms with Crippen molar-refractivity contribution in [2.45, 2.75) is 0 Å². The third-order valence-corrected chi connectivity index (χ3v) is 4.49. The average Bonchev–Trinajstić information content (AvgIpc) is 3.40. The highest BCUT2D eigenvalue weighted by Crippen LogP contribution is 2.26. The highest BCUT2D eigenvalue weighted by molar-refractivity contribution is 5.95. The summed E-state index contributed by atoms with van der Waals surface area (Å²) in [5, 5.41) is 7.46. The van der Waals surface area contributed by atoms with Crippen molar-refractivity contribution in [2.75, 3.05) is 20.2 Å². The summed E-state index contributed by atoms with van der Waals surface area (Å²) in [6.07, 6.45) is 4.02. The standard InChI is InChI=1S/C21H19N3O2/c1-26-18-6-4-5-17(13-18)20-14-19(22-23-20)15-7-9-16(10-8-15)21(25)24-11-2-3-12-24/h2-10,13-14H,11-12H2,1H3,(H,22,23). The van der Waals surface area contributed by atoms with Crippen LogP contribution in [0.3, 0.4) is 0 Å². The molecule has 26 heavy (non-hydrogen) atoms. The van der Waals surface area contributed by atoms with Gasteiger partial charge in [-0.3, -0.25) is 9.89 Å². The van der Waals surface area contributed by atoms with Gasteiger partial charge in [-0.1, -0.05) is 36.4 Å². The maximum Gasteiger partial charge on any atom is 0.254 e. The Hall–Kier alpha value is -3.34. The molecule has 130 valence electrons. The lowest BCUT2D eigenvalue weighted by Gasteiger charge is -2.15. The first-order valence-corrected chi connectivity index (χ1v) is 8.49. The maximum absolute atomic E-state index is 12.4. The molecule has 1 aliphatic heterocycles. The number of nitrogens with one attached hydrogen (secondary N) is 1. The van der Waals surface area contributed by atoms with Crippen LogP contribution in [0, 0.1) is 0 Å². The second-order valence-electron chi connectivity index (χ2n) is 6.16. The van der Waals surface area contributed by atoms with Crippen molar-refractivity contribution in [1.82, 2.24) is 15.1 Å². The number of amides is 1. The normalized spacial score (nSPS) is 13.2. The Morgan fingerprint density at radius 2 is 1.81 bits per heavy atom. The zero-order valence-electron chi connectivity index (χ0n) is 14.5. The van der Waals surface area contributed by atoms with Gasteiger partial charge in [-0.25, -0.2) is 0 Å². The first-order valence-electron chi connectivity index (χ1n) is 8.49. The van der Waals surface area contributed by atoms with Crippen molar-refractivity contribution in [3.63, 3.8) is 0 Å². The fourth-order valence-electron chi connectivity index (χ4n) is 3.02. The van der Waals surface area contributed by atoms with Gasteiger partial charge in [0, 0.05) is 24.2 Å². The Kier molecular flexibility index (Phi) is 4.27. The molecule has 0 fully saturated rings. The van der Waals surface area contributed by atoms with E-state index < -0.39 is 0 Å². The van der Waals surface area contributed by atoms with Crippen LogP contribution in [-0.4, -0.2) is 41.2 Å². The third-order valence-electron chi connectivity index (χ3n) is 4.49. The zero-order chi connectivity index (χ0) is 17.9. The van der Waals surface area contributed by atoms with Gasteiger partial charge in [-0.2, -0.15) is 5.10 Å². The van der Waals surface area contributed by atoms with Crippen molar-refractivity contribution < 1.29 is 9.53 Å². The van der Waals surface area contributed by atoms with Crippen molar-refractivity contribution in [2.24, 2.45) is 0 Å². The van der Waals surface area contributed by atoms with Crippen LogP contribution < -0.4 is 4.74 Å². The second-order valence-corrected chi connectivity index (χ2v) is 6.16. The molecule has 1 aliphatic rings. The van der Waals surface area contributed by atoms with Crippen molar-refractivity contribution in [1.29, 1.82) is 0 Å². The minimum absolute atomic E-state index is 0.0585. The van der Waals surface area contributed by atoms with Crippen molar-refractivity contribution >= 4 is 5.91 Å². The van der Waals surface area contributed by atoms with Gasteiger partial charge >= 0.3 is 0 Å². The molecule has 0 unspecified atom stereocenters. The van der Waals surface area contributed by atoms with E-state index in [1.165, 1.54) is 0 Å². The van der Waals surface area contributed by atoms with E-state index in [1.807, 2.05) is 71.6 Å². The van der Waals surface area contributed by atoms with Crippen LogP contribution >= 0.6 is 0 Å². The molecule has 0 radical (unpaired) electrons. The predicted molar refractivity (Wildman–Crippen MR) is 101 cm³/mol. The molecule has 2 heterocycles. The average molecular weight is 345 g/mol. The van der Waals surface area contributed by atoms with Gasteiger partial charge in [-0.05, 0) is 35.9 Å². The molecule has 0 atom stereocenters. The molecule has 3 aromatic rings. The molecule has 0 bridgehead atoms. The molecule has 0 aliphatic carbocycles. The number of benzene rings is 2. The number of methoxy groups -OCH3 is 1. The number of ether oxygens (including phenoxy) is 1. The zero-order valence-corrected chi connectivity index (χ0v) is 14.5. The van der Waals surface area contributed by atoms with Crippen molar-refractivity contribution in [3.8, 4) is 28.3 Å². The number of carbonyl (C=O) groups excluding carboxylic acids is 1. The van der Waals surface area contributed by atoms with Crippen LogP contribution in [0.2, 0.25) is 0 Å². The predicted octanol–water partition coefficient (Wildman–Crippen LogP) is 3.76. The smallest absolute Gasteiger partial charge is 0.254 e. The summed E-state index contributed by atoms with van der Waals surface area (Å²) >= 11 is 0. The molecule has 1 N–H and O–H groups in total. The highest BCUT2D eigenvalue weighted by atomic mass is 16.5. The first-order chi connectivity index (χ1) is 12.7. The number of rotatable bonds is 4. The van der Waals surface area contributed by atoms with Crippen molar-refractivity contribution in [3.05, 3.63) is 72.3 Å². The fraction of sp³-hybridized carbons (Fsp3) is 0.143. The highest BCUT2D eigenvalue weighted by Gasteiger charge is 2.16. The summed E-state index contributed by atoms with van der Waals surface area (Å²) in [7, 11) is 1.65. The Balaban J connectivity index is 1.54.